The van der Waals surface area contributed by atoms with Crippen LogP contribution in [0.3, 0.4) is 0 Å². The van der Waals surface area contributed by atoms with Gasteiger partial charge in [0.05, 0.1) is 11.6 Å². The molecule has 0 aromatic rings. The van der Waals surface area contributed by atoms with Gasteiger partial charge in [-0.15, -0.1) is 0 Å². The van der Waals surface area contributed by atoms with E-state index in [9.17, 15) is 4.79 Å². The SMILES string of the molecule is COC(C)CN(C)C(=O)C1(N)CCCC(C)C1. The Hall–Kier alpha value is -0.610. The molecule has 4 nitrogen and oxygen atoms in total. The zero-order valence-corrected chi connectivity index (χ0v) is 11.5. The predicted molar refractivity (Wildman–Crippen MR) is 68.7 cm³/mol. The van der Waals surface area contributed by atoms with Crippen LogP contribution in [-0.2, 0) is 9.53 Å². The van der Waals surface area contributed by atoms with E-state index in [1.807, 2.05) is 14.0 Å². The Morgan fingerprint density at radius 3 is 2.82 bits per heavy atom. The van der Waals surface area contributed by atoms with Crippen LogP contribution in [0.25, 0.3) is 0 Å². The van der Waals surface area contributed by atoms with Crippen LogP contribution in [0.2, 0.25) is 0 Å². The minimum absolute atomic E-state index is 0.0496. The lowest BCUT2D eigenvalue weighted by Gasteiger charge is -2.38. The topological polar surface area (TPSA) is 55.6 Å². The van der Waals surface area contributed by atoms with Gasteiger partial charge in [-0.25, -0.2) is 0 Å². The van der Waals surface area contributed by atoms with Crippen molar-refractivity contribution >= 4 is 5.91 Å². The van der Waals surface area contributed by atoms with E-state index < -0.39 is 5.54 Å². The van der Waals surface area contributed by atoms with Crippen molar-refractivity contribution in [2.75, 3.05) is 20.7 Å². The molecule has 0 spiro atoms. The average molecular weight is 242 g/mol. The summed E-state index contributed by atoms with van der Waals surface area (Å²) < 4.78 is 5.18. The number of hydrogen-bond donors (Lipinski definition) is 1. The highest BCUT2D eigenvalue weighted by atomic mass is 16.5. The van der Waals surface area contributed by atoms with Crippen molar-refractivity contribution in [2.45, 2.75) is 51.2 Å². The molecule has 1 aliphatic carbocycles. The van der Waals surface area contributed by atoms with E-state index in [0.717, 1.165) is 19.3 Å². The number of amides is 1. The molecule has 0 aliphatic heterocycles. The molecule has 4 heteroatoms. The number of carbonyl (C=O) groups is 1. The van der Waals surface area contributed by atoms with E-state index in [1.165, 1.54) is 6.42 Å². The third kappa shape index (κ3) is 3.68. The number of nitrogens with zero attached hydrogens (tertiary/aromatic N) is 1. The van der Waals surface area contributed by atoms with Gasteiger partial charge in [-0.05, 0) is 25.7 Å². The average Bonchev–Trinajstić information content (AvgIpc) is 2.27. The van der Waals surface area contributed by atoms with E-state index in [0.29, 0.717) is 12.5 Å². The summed E-state index contributed by atoms with van der Waals surface area (Å²) in [5, 5.41) is 0. The summed E-state index contributed by atoms with van der Waals surface area (Å²) in [5.41, 5.74) is 5.63. The normalized spacial score (nSPS) is 31.0. The molecule has 0 bridgehead atoms. The molecule has 0 heterocycles. The first kappa shape index (κ1) is 14.5. The summed E-state index contributed by atoms with van der Waals surface area (Å²) >= 11 is 0. The van der Waals surface area contributed by atoms with Gasteiger partial charge in [0, 0.05) is 20.7 Å². The predicted octanol–water partition coefficient (Wildman–Crippen LogP) is 1.39. The van der Waals surface area contributed by atoms with E-state index >= 15 is 0 Å². The Labute approximate surface area is 104 Å². The van der Waals surface area contributed by atoms with E-state index in [1.54, 1.807) is 12.0 Å². The maximum Gasteiger partial charge on any atom is 0.242 e. The summed E-state index contributed by atoms with van der Waals surface area (Å²) in [4.78, 5) is 14.1. The van der Waals surface area contributed by atoms with Gasteiger partial charge < -0.3 is 15.4 Å². The number of hydrogen-bond acceptors (Lipinski definition) is 3. The van der Waals surface area contributed by atoms with Crippen molar-refractivity contribution in [3.8, 4) is 0 Å². The minimum atomic E-state index is -0.653. The van der Waals surface area contributed by atoms with Gasteiger partial charge in [0.15, 0.2) is 0 Å². The largest absolute Gasteiger partial charge is 0.380 e. The molecule has 3 unspecified atom stereocenters. The lowest BCUT2D eigenvalue weighted by Crippen LogP contribution is -2.57. The second kappa shape index (κ2) is 5.83. The van der Waals surface area contributed by atoms with Crippen LogP contribution in [0.4, 0.5) is 0 Å². The van der Waals surface area contributed by atoms with Crippen molar-refractivity contribution in [2.24, 2.45) is 11.7 Å². The van der Waals surface area contributed by atoms with Gasteiger partial charge in [-0.2, -0.15) is 0 Å². The van der Waals surface area contributed by atoms with Gasteiger partial charge >= 0.3 is 0 Å². The number of rotatable bonds is 4. The van der Waals surface area contributed by atoms with E-state index in [4.69, 9.17) is 10.5 Å². The Morgan fingerprint density at radius 1 is 1.65 bits per heavy atom. The van der Waals surface area contributed by atoms with Crippen LogP contribution in [0.1, 0.15) is 39.5 Å². The van der Waals surface area contributed by atoms with Gasteiger partial charge in [-0.1, -0.05) is 19.8 Å². The number of carbonyl (C=O) groups excluding carboxylic acids is 1. The lowest BCUT2D eigenvalue weighted by molar-refractivity contribution is -0.138. The van der Waals surface area contributed by atoms with Crippen molar-refractivity contribution in [1.82, 2.24) is 4.90 Å². The monoisotopic (exact) mass is 242 g/mol. The fourth-order valence-electron chi connectivity index (χ4n) is 2.71. The quantitative estimate of drug-likeness (QED) is 0.810. The zero-order valence-electron chi connectivity index (χ0n) is 11.5. The molecule has 1 saturated carbocycles. The third-order valence-electron chi connectivity index (χ3n) is 3.74. The Morgan fingerprint density at radius 2 is 2.29 bits per heavy atom. The number of likely N-dealkylation sites (N-methyl/N-ethyl adjacent to an activating group) is 1. The lowest BCUT2D eigenvalue weighted by atomic mass is 9.76. The summed E-state index contributed by atoms with van der Waals surface area (Å²) in [6.07, 6.45) is 3.90. The molecule has 0 radical (unpaired) electrons. The van der Waals surface area contributed by atoms with E-state index in [-0.39, 0.29) is 12.0 Å². The molecular weight excluding hydrogens is 216 g/mol. The second-order valence-electron chi connectivity index (χ2n) is 5.59. The highest BCUT2D eigenvalue weighted by molar-refractivity contribution is 5.86. The maximum atomic E-state index is 12.4. The van der Waals surface area contributed by atoms with Crippen LogP contribution in [0, 0.1) is 5.92 Å². The van der Waals surface area contributed by atoms with Crippen LogP contribution < -0.4 is 5.73 Å². The third-order valence-corrected chi connectivity index (χ3v) is 3.74. The molecule has 1 rings (SSSR count). The van der Waals surface area contributed by atoms with Crippen molar-refractivity contribution in [3.05, 3.63) is 0 Å². The Balaban J connectivity index is 2.61. The van der Waals surface area contributed by atoms with Crippen LogP contribution in [-0.4, -0.2) is 43.2 Å². The van der Waals surface area contributed by atoms with Gasteiger partial charge in [0.2, 0.25) is 5.91 Å². The molecule has 3 atom stereocenters. The van der Waals surface area contributed by atoms with Gasteiger partial charge in [0.25, 0.3) is 0 Å². The number of methoxy groups -OCH3 is 1. The fourth-order valence-corrected chi connectivity index (χ4v) is 2.71. The molecule has 100 valence electrons. The van der Waals surface area contributed by atoms with Crippen molar-refractivity contribution in [1.29, 1.82) is 0 Å². The molecule has 1 aliphatic rings. The Bertz CT molecular complexity index is 270. The highest BCUT2D eigenvalue weighted by Crippen LogP contribution is 2.31. The number of nitrogens with two attached hydrogens (primary N) is 1. The van der Waals surface area contributed by atoms with Gasteiger partial charge in [-0.3, -0.25) is 4.79 Å². The van der Waals surface area contributed by atoms with Crippen molar-refractivity contribution < 1.29 is 9.53 Å². The molecule has 1 amide bonds. The minimum Gasteiger partial charge on any atom is -0.380 e. The number of ether oxygens (including phenoxy) is 1. The molecular formula is C13H26N2O2. The van der Waals surface area contributed by atoms with Crippen LogP contribution in [0.5, 0.6) is 0 Å². The molecule has 0 aromatic carbocycles. The first-order chi connectivity index (χ1) is 7.89. The molecule has 17 heavy (non-hydrogen) atoms. The zero-order chi connectivity index (χ0) is 13.1. The molecule has 2 N–H and O–H groups in total. The summed E-state index contributed by atoms with van der Waals surface area (Å²) in [5.74, 6) is 0.610. The molecule has 0 saturated heterocycles. The molecule has 1 fully saturated rings. The first-order valence-electron chi connectivity index (χ1n) is 6.46. The molecule has 0 aromatic heterocycles. The van der Waals surface area contributed by atoms with Gasteiger partial charge in [0.1, 0.15) is 0 Å². The van der Waals surface area contributed by atoms with Crippen LogP contribution >= 0.6 is 0 Å². The van der Waals surface area contributed by atoms with Crippen LogP contribution in [0.15, 0.2) is 0 Å². The fraction of sp³-hybridized carbons (Fsp3) is 0.923. The maximum absolute atomic E-state index is 12.4. The Kier molecular flexibility index (Phi) is 4.95. The first-order valence-corrected chi connectivity index (χ1v) is 6.46. The summed E-state index contributed by atoms with van der Waals surface area (Å²) in [7, 11) is 3.47. The summed E-state index contributed by atoms with van der Waals surface area (Å²) in [6.45, 7) is 4.73. The second-order valence-corrected chi connectivity index (χ2v) is 5.59. The van der Waals surface area contributed by atoms with Crippen molar-refractivity contribution in [3.63, 3.8) is 0 Å². The standard InChI is InChI=1S/C13H26N2O2/c1-10-6-5-7-13(14,8-10)12(16)15(3)9-11(2)17-4/h10-11H,5-9,14H2,1-4H3. The highest BCUT2D eigenvalue weighted by Gasteiger charge is 2.39. The summed E-state index contributed by atoms with van der Waals surface area (Å²) in [6, 6.07) is 0. The smallest absolute Gasteiger partial charge is 0.242 e. The van der Waals surface area contributed by atoms with E-state index in [2.05, 4.69) is 6.92 Å².